The minimum atomic E-state index is -0.516. The molecule has 2 heterocycles. The smallest absolute Gasteiger partial charge is 0.280 e. The molecule has 2 aromatic heterocycles. The molecular formula is C16H9FN4O3. The number of hydrogen-bond donors (Lipinski definition) is 1. The fraction of sp³-hybridized carbons (Fsp3) is 0. The molecule has 118 valence electrons. The van der Waals surface area contributed by atoms with Crippen molar-refractivity contribution in [2.75, 3.05) is 0 Å². The van der Waals surface area contributed by atoms with Crippen LogP contribution in [0.4, 0.5) is 10.1 Å². The molecule has 7 nitrogen and oxygen atoms in total. The average molecular weight is 324 g/mol. The fourth-order valence-corrected chi connectivity index (χ4v) is 2.66. The molecular weight excluding hydrogens is 315 g/mol. The van der Waals surface area contributed by atoms with Crippen LogP contribution in [0.15, 0.2) is 53.5 Å². The van der Waals surface area contributed by atoms with E-state index in [9.17, 15) is 19.3 Å². The lowest BCUT2D eigenvalue weighted by Gasteiger charge is -2.01. The van der Waals surface area contributed by atoms with E-state index in [1.165, 1.54) is 41.2 Å². The first-order chi connectivity index (χ1) is 11.6. The van der Waals surface area contributed by atoms with Gasteiger partial charge in [0, 0.05) is 23.7 Å². The number of rotatable bonds is 2. The van der Waals surface area contributed by atoms with Gasteiger partial charge in [-0.1, -0.05) is 12.1 Å². The number of halogens is 1. The molecule has 0 aliphatic heterocycles. The predicted molar refractivity (Wildman–Crippen MR) is 85.8 cm³/mol. The monoisotopic (exact) mass is 324 g/mol. The van der Waals surface area contributed by atoms with Gasteiger partial charge in [0.15, 0.2) is 0 Å². The first-order valence-corrected chi connectivity index (χ1v) is 6.99. The second-order valence-electron chi connectivity index (χ2n) is 5.21. The molecule has 0 radical (unpaired) electrons. The number of benzene rings is 2. The highest BCUT2D eigenvalue weighted by molar-refractivity contribution is 6.02. The highest BCUT2D eigenvalue weighted by atomic mass is 19.1. The Morgan fingerprint density at radius 2 is 1.88 bits per heavy atom. The molecule has 0 unspecified atom stereocenters. The number of H-pyrrole nitrogens is 1. The SMILES string of the molecule is O=c1c2cnc3c(F)cccc3c2[nH]n1-c1ccc([N+](=O)[O-])cc1. The minimum Gasteiger partial charge on any atom is -0.290 e. The van der Waals surface area contributed by atoms with Gasteiger partial charge in [-0.05, 0) is 18.2 Å². The Morgan fingerprint density at radius 1 is 1.12 bits per heavy atom. The van der Waals surface area contributed by atoms with Crippen molar-refractivity contribution in [3.8, 4) is 5.69 Å². The zero-order valence-corrected chi connectivity index (χ0v) is 12.1. The molecule has 0 fully saturated rings. The summed E-state index contributed by atoms with van der Waals surface area (Å²) in [6.45, 7) is 0. The van der Waals surface area contributed by atoms with Gasteiger partial charge in [-0.25, -0.2) is 9.07 Å². The van der Waals surface area contributed by atoms with E-state index in [0.29, 0.717) is 22.0 Å². The van der Waals surface area contributed by atoms with Gasteiger partial charge in [-0.15, -0.1) is 0 Å². The maximum absolute atomic E-state index is 13.8. The summed E-state index contributed by atoms with van der Waals surface area (Å²) < 4.78 is 15.1. The van der Waals surface area contributed by atoms with E-state index in [1.54, 1.807) is 12.1 Å². The van der Waals surface area contributed by atoms with Crippen LogP contribution >= 0.6 is 0 Å². The Hall–Kier alpha value is -3.55. The molecule has 0 atom stereocenters. The number of hydrogen-bond acceptors (Lipinski definition) is 4. The Bertz CT molecular complexity index is 1160. The van der Waals surface area contributed by atoms with Crippen LogP contribution in [0.3, 0.4) is 0 Å². The van der Waals surface area contributed by atoms with E-state index in [1.807, 2.05) is 0 Å². The van der Waals surface area contributed by atoms with Crippen molar-refractivity contribution in [2.45, 2.75) is 0 Å². The van der Waals surface area contributed by atoms with Gasteiger partial charge < -0.3 is 0 Å². The van der Waals surface area contributed by atoms with Gasteiger partial charge in [0.2, 0.25) is 0 Å². The van der Waals surface area contributed by atoms with E-state index in [2.05, 4.69) is 10.1 Å². The largest absolute Gasteiger partial charge is 0.290 e. The number of nitrogens with zero attached hydrogens (tertiary/aromatic N) is 3. The third kappa shape index (κ3) is 1.97. The van der Waals surface area contributed by atoms with Gasteiger partial charge in [0.25, 0.3) is 11.2 Å². The molecule has 0 amide bonds. The number of para-hydroxylation sites is 1. The molecule has 0 saturated carbocycles. The van der Waals surface area contributed by atoms with Crippen LogP contribution in [-0.2, 0) is 0 Å². The number of nitro benzene ring substituents is 1. The molecule has 2 aromatic carbocycles. The van der Waals surface area contributed by atoms with E-state index >= 15 is 0 Å². The highest BCUT2D eigenvalue weighted by Crippen LogP contribution is 2.23. The van der Waals surface area contributed by atoms with E-state index in [-0.39, 0.29) is 16.8 Å². The lowest BCUT2D eigenvalue weighted by Crippen LogP contribution is -2.14. The molecule has 0 aliphatic rings. The van der Waals surface area contributed by atoms with E-state index in [0.717, 1.165) is 0 Å². The molecule has 1 N–H and O–H groups in total. The van der Waals surface area contributed by atoms with Crippen LogP contribution in [0.25, 0.3) is 27.5 Å². The van der Waals surface area contributed by atoms with E-state index in [4.69, 9.17) is 0 Å². The summed E-state index contributed by atoms with van der Waals surface area (Å²) in [4.78, 5) is 26.8. The summed E-state index contributed by atoms with van der Waals surface area (Å²) in [5.41, 5.74) is 0.630. The highest BCUT2D eigenvalue weighted by Gasteiger charge is 2.14. The molecule has 4 rings (SSSR count). The molecule has 24 heavy (non-hydrogen) atoms. The molecule has 0 bridgehead atoms. The summed E-state index contributed by atoms with van der Waals surface area (Å²) in [6, 6.07) is 10.1. The summed E-state index contributed by atoms with van der Waals surface area (Å²) >= 11 is 0. The van der Waals surface area contributed by atoms with Crippen LogP contribution in [0.2, 0.25) is 0 Å². The standard InChI is InChI=1S/C16H9FN4O3/c17-13-3-1-2-11-14-12(8-18-15(11)13)16(22)20(19-14)9-4-6-10(7-5-9)21(23)24/h1-8,19H. The lowest BCUT2D eigenvalue weighted by molar-refractivity contribution is -0.384. The van der Waals surface area contributed by atoms with E-state index < -0.39 is 10.7 Å². The molecule has 0 saturated heterocycles. The van der Waals surface area contributed by atoms with Crippen LogP contribution < -0.4 is 5.56 Å². The fourth-order valence-electron chi connectivity index (χ4n) is 2.66. The third-order valence-corrected chi connectivity index (χ3v) is 3.82. The average Bonchev–Trinajstić information content (AvgIpc) is 2.93. The number of nitrogens with one attached hydrogen (secondary N) is 1. The van der Waals surface area contributed by atoms with Gasteiger partial charge in [-0.3, -0.25) is 25.0 Å². The number of non-ortho nitro benzene ring substituents is 1. The summed E-state index contributed by atoms with van der Waals surface area (Å²) in [5, 5.41) is 14.4. The van der Waals surface area contributed by atoms with Crippen LogP contribution in [0.5, 0.6) is 0 Å². The second kappa shape index (κ2) is 4.98. The Kier molecular flexibility index (Phi) is 2.92. The number of fused-ring (bicyclic) bond motifs is 3. The summed E-state index contributed by atoms with van der Waals surface area (Å²) in [5.74, 6) is -0.474. The number of aromatic amines is 1. The summed E-state index contributed by atoms with van der Waals surface area (Å²) in [6.07, 6.45) is 1.32. The lowest BCUT2D eigenvalue weighted by atomic mass is 10.1. The van der Waals surface area contributed by atoms with Crippen molar-refractivity contribution in [3.05, 3.63) is 74.9 Å². The predicted octanol–water partition coefficient (Wildman–Crippen LogP) is 2.91. The van der Waals surface area contributed by atoms with Gasteiger partial charge in [0.1, 0.15) is 11.3 Å². The van der Waals surface area contributed by atoms with Crippen molar-refractivity contribution in [3.63, 3.8) is 0 Å². The first-order valence-electron chi connectivity index (χ1n) is 6.99. The Labute approximate surface area is 133 Å². The van der Waals surface area contributed by atoms with Crippen molar-refractivity contribution in [1.82, 2.24) is 14.8 Å². The Morgan fingerprint density at radius 3 is 2.58 bits per heavy atom. The maximum Gasteiger partial charge on any atom is 0.280 e. The topological polar surface area (TPSA) is 93.8 Å². The quantitative estimate of drug-likeness (QED) is 0.453. The third-order valence-electron chi connectivity index (χ3n) is 3.82. The summed E-state index contributed by atoms with van der Waals surface area (Å²) in [7, 11) is 0. The minimum absolute atomic E-state index is 0.0721. The van der Waals surface area contributed by atoms with Crippen molar-refractivity contribution in [2.24, 2.45) is 0 Å². The number of aromatic nitrogens is 3. The van der Waals surface area contributed by atoms with Crippen molar-refractivity contribution < 1.29 is 9.31 Å². The zero-order chi connectivity index (χ0) is 16.8. The van der Waals surface area contributed by atoms with Crippen molar-refractivity contribution >= 4 is 27.5 Å². The number of pyridine rings is 1. The molecule has 0 spiro atoms. The normalized spacial score (nSPS) is 11.2. The second-order valence-corrected chi connectivity index (χ2v) is 5.21. The number of nitro groups is 1. The van der Waals surface area contributed by atoms with Gasteiger partial charge in [-0.2, -0.15) is 0 Å². The van der Waals surface area contributed by atoms with Crippen LogP contribution in [0, 0.1) is 15.9 Å². The van der Waals surface area contributed by atoms with Crippen LogP contribution in [0.1, 0.15) is 0 Å². The first kappa shape index (κ1) is 14.1. The Balaban J connectivity index is 1.98. The zero-order valence-electron chi connectivity index (χ0n) is 12.1. The van der Waals surface area contributed by atoms with Crippen LogP contribution in [-0.4, -0.2) is 19.7 Å². The molecule has 8 heteroatoms. The maximum atomic E-state index is 13.8. The van der Waals surface area contributed by atoms with Crippen molar-refractivity contribution in [1.29, 1.82) is 0 Å². The van der Waals surface area contributed by atoms with Gasteiger partial charge in [0.05, 0.1) is 21.5 Å². The molecule has 0 aliphatic carbocycles. The van der Waals surface area contributed by atoms with Gasteiger partial charge >= 0.3 is 0 Å². The molecule has 4 aromatic rings.